The first-order chi connectivity index (χ1) is 18.8. The number of nitrogens with one attached hydrogen (secondary N) is 3. The van der Waals surface area contributed by atoms with Crippen LogP contribution in [0.5, 0.6) is 0 Å². The van der Waals surface area contributed by atoms with Gasteiger partial charge in [-0.15, -0.1) is 5.10 Å². The van der Waals surface area contributed by atoms with Gasteiger partial charge in [-0.1, -0.05) is 13.8 Å². The number of carbonyl (C=O) groups is 2. The molecule has 3 heterocycles. The lowest BCUT2D eigenvalue weighted by molar-refractivity contribution is -0.121. The summed E-state index contributed by atoms with van der Waals surface area (Å²) in [6.45, 7) is 4.17. The number of pyridine rings is 1. The zero-order chi connectivity index (χ0) is 27.5. The molecule has 1 amide bonds. The molecule has 208 valence electrons. The van der Waals surface area contributed by atoms with E-state index in [2.05, 4.69) is 44.9 Å². The summed E-state index contributed by atoms with van der Waals surface area (Å²) in [5.41, 5.74) is 7.67. The fourth-order valence-electron chi connectivity index (χ4n) is 5.21. The van der Waals surface area contributed by atoms with Crippen LogP contribution in [0.2, 0.25) is 0 Å². The Morgan fingerprint density at radius 2 is 1.79 bits per heavy atom. The minimum absolute atomic E-state index is 0.0379. The van der Waals surface area contributed by atoms with Gasteiger partial charge in [-0.2, -0.15) is 0 Å². The highest BCUT2D eigenvalue weighted by Gasteiger charge is 2.27. The summed E-state index contributed by atoms with van der Waals surface area (Å²) in [4.78, 5) is 33.8. The highest BCUT2D eigenvalue weighted by Crippen LogP contribution is 2.32. The van der Waals surface area contributed by atoms with Crippen LogP contribution in [0, 0.1) is 17.7 Å². The first-order valence-electron chi connectivity index (χ1n) is 13.9. The van der Waals surface area contributed by atoms with E-state index in [-0.39, 0.29) is 29.2 Å². The van der Waals surface area contributed by atoms with Crippen molar-refractivity contribution in [2.45, 2.75) is 83.3 Å². The number of carbonyl (C=O) groups excluding carboxylic acids is 2. The number of fused-ring (bicyclic) bond motifs is 1. The van der Waals surface area contributed by atoms with Crippen LogP contribution in [-0.4, -0.2) is 49.4 Å². The molecule has 0 aliphatic heterocycles. The van der Waals surface area contributed by atoms with Gasteiger partial charge in [0.25, 0.3) is 5.91 Å². The largest absolute Gasteiger partial charge is 0.379 e. The summed E-state index contributed by atoms with van der Waals surface area (Å²) in [5.74, 6) is 0.424. The van der Waals surface area contributed by atoms with Gasteiger partial charge in [0.2, 0.25) is 0 Å². The van der Waals surface area contributed by atoms with Crippen LogP contribution in [0.4, 0.5) is 21.6 Å². The summed E-state index contributed by atoms with van der Waals surface area (Å²) in [7, 11) is 0. The van der Waals surface area contributed by atoms with E-state index in [9.17, 15) is 14.0 Å². The van der Waals surface area contributed by atoms with E-state index in [1.165, 1.54) is 23.0 Å². The van der Waals surface area contributed by atoms with Crippen LogP contribution >= 0.6 is 0 Å². The second-order valence-corrected chi connectivity index (χ2v) is 11.3. The normalized spacial score (nSPS) is 20.1. The topological polar surface area (TPSA) is 139 Å². The van der Waals surface area contributed by atoms with Crippen molar-refractivity contribution >= 4 is 34.5 Å². The molecular weight excluding hydrogens is 499 g/mol. The highest BCUT2D eigenvalue weighted by molar-refractivity contribution is 6.03. The Morgan fingerprint density at radius 1 is 1.08 bits per heavy atom. The number of imidazole rings is 1. The lowest BCUT2D eigenvalue weighted by Crippen LogP contribution is -2.34. The van der Waals surface area contributed by atoms with E-state index in [0.717, 1.165) is 56.8 Å². The second kappa shape index (κ2) is 11.6. The van der Waals surface area contributed by atoms with Crippen molar-refractivity contribution in [2.75, 3.05) is 16.0 Å². The Bertz CT molecular complexity index is 1330. The molecule has 0 saturated heterocycles. The van der Waals surface area contributed by atoms with Gasteiger partial charge in [-0.3, -0.25) is 14.6 Å². The van der Waals surface area contributed by atoms with Crippen molar-refractivity contribution in [3.63, 3.8) is 0 Å². The quantitative estimate of drug-likeness (QED) is 0.283. The molecule has 5 N–H and O–H groups in total. The van der Waals surface area contributed by atoms with Gasteiger partial charge in [0.1, 0.15) is 11.6 Å². The number of amides is 1. The van der Waals surface area contributed by atoms with Gasteiger partial charge in [0.05, 0.1) is 29.8 Å². The number of ketones is 1. The maximum Gasteiger partial charge on any atom is 0.276 e. The molecular formula is C28H37FN8O2. The van der Waals surface area contributed by atoms with Gasteiger partial charge in [0, 0.05) is 30.8 Å². The third-order valence-corrected chi connectivity index (χ3v) is 7.49. The van der Waals surface area contributed by atoms with E-state index in [1.807, 2.05) is 6.07 Å². The summed E-state index contributed by atoms with van der Waals surface area (Å²) in [5, 5.41) is 14.3. The molecule has 0 radical (unpaired) electrons. The number of hydrogen-bond acceptors (Lipinski definition) is 8. The molecule has 0 bridgehead atoms. The molecule has 11 heteroatoms. The third-order valence-electron chi connectivity index (χ3n) is 7.49. The number of rotatable bonds is 11. The first kappa shape index (κ1) is 27.0. The number of nitrogens with two attached hydrogens (primary N) is 1. The second-order valence-electron chi connectivity index (χ2n) is 11.3. The molecule has 1 atom stereocenters. The molecule has 3 aromatic rings. The number of aromatic nitrogens is 4. The number of halogens is 1. The summed E-state index contributed by atoms with van der Waals surface area (Å²) in [6.07, 6.45) is 11.1. The minimum atomic E-state index is -0.620. The molecule has 5 rings (SSSR count). The van der Waals surface area contributed by atoms with Gasteiger partial charge < -0.3 is 21.7 Å². The molecule has 0 spiro atoms. The molecule has 0 aromatic carbocycles. The van der Waals surface area contributed by atoms with Crippen LogP contribution in [0.3, 0.4) is 0 Å². The third kappa shape index (κ3) is 6.70. The summed E-state index contributed by atoms with van der Waals surface area (Å²) < 4.78 is 15.6. The van der Waals surface area contributed by atoms with Gasteiger partial charge in [-0.05, 0) is 62.8 Å². The van der Waals surface area contributed by atoms with Crippen LogP contribution in [0.25, 0.3) is 5.65 Å². The predicted molar refractivity (Wildman–Crippen MR) is 148 cm³/mol. The first-order valence-corrected chi connectivity index (χ1v) is 13.9. The molecule has 2 saturated carbocycles. The maximum absolute atomic E-state index is 14.1. The average molecular weight is 537 g/mol. The van der Waals surface area contributed by atoms with Crippen molar-refractivity contribution in [3.8, 4) is 0 Å². The predicted octanol–water partition coefficient (Wildman–Crippen LogP) is 4.39. The summed E-state index contributed by atoms with van der Waals surface area (Å²) in [6, 6.07) is 3.54. The van der Waals surface area contributed by atoms with E-state index in [0.29, 0.717) is 35.8 Å². The average Bonchev–Trinajstić information content (AvgIpc) is 3.61. The zero-order valence-corrected chi connectivity index (χ0v) is 22.5. The lowest BCUT2D eigenvalue weighted by Gasteiger charge is -2.30. The Kier molecular flexibility index (Phi) is 8.06. The van der Waals surface area contributed by atoms with Crippen molar-refractivity contribution < 1.29 is 14.0 Å². The van der Waals surface area contributed by atoms with Crippen molar-refractivity contribution in [2.24, 2.45) is 17.6 Å². The van der Waals surface area contributed by atoms with E-state index < -0.39 is 11.7 Å². The zero-order valence-electron chi connectivity index (χ0n) is 22.5. The number of nitrogens with zero attached hydrogens (tertiary/aromatic N) is 4. The smallest absolute Gasteiger partial charge is 0.276 e. The maximum atomic E-state index is 14.1. The Labute approximate surface area is 227 Å². The highest BCUT2D eigenvalue weighted by atomic mass is 19.1. The van der Waals surface area contributed by atoms with Crippen molar-refractivity contribution in [3.05, 3.63) is 42.2 Å². The molecule has 3 aromatic heterocycles. The Hall–Kier alpha value is -3.60. The lowest BCUT2D eigenvalue weighted by atomic mass is 9.81. The number of Topliss-reactive ketones (excluding diaryl/α,β-unsaturated/α-hetero) is 1. The minimum Gasteiger partial charge on any atom is -0.379 e. The molecule has 2 aliphatic rings. The van der Waals surface area contributed by atoms with Crippen LogP contribution < -0.4 is 21.7 Å². The van der Waals surface area contributed by atoms with E-state index in [4.69, 9.17) is 5.73 Å². The van der Waals surface area contributed by atoms with Crippen LogP contribution in [-0.2, 0) is 4.79 Å². The number of hydrogen-bond donors (Lipinski definition) is 4. The molecule has 2 aliphatic carbocycles. The molecule has 0 unspecified atom stereocenters. The molecule has 39 heavy (non-hydrogen) atoms. The van der Waals surface area contributed by atoms with Gasteiger partial charge in [0.15, 0.2) is 17.2 Å². The van der Waals surface area contributed by atoms with Crippen molar-refractivity contribution in [1.82, 2.24) is 19.6 Å². The standard InChI is InChI=1S/C28H37FN8O2/c1-16(2)11-21(30)25(38)12-17-3-5-19(6-4-17)34-26-13-23(33-18-7-8-18)27-32-15-24(37(27)36-26)28(39)35-22-9-10-31-14-20(22)29/h9-10,13-19,21,33H,3-8,11-12,30H2,1-2H3,(H,34,36)(H,31,35,39)/t17?,19?,21-/m0/s1. The Balaban J connectivity index is 1.28. The summed E-state index contributed by atoms with van der Waals surface area (Å²) >= 11 is 0. The van der Waals surface area contributed by atoms with Crippen LogP contribution in [0.1, 0.15) is 75.7 Å². The molecule has 10 nitrogen and oxygen atoms in total. The number of anilines is 3. The monoisotopic (exact) mass is 536 g/mol. The fraction of sp³-hybridized carbons (Fsp3) is 0.536. The molecule has 2 fully saturated rings. The van der Waals surface area contributed by atoms with Gasteiger partial charge >= 0.3 is 0 Å². The van der Waals surface area contributed by atoms with Gasteiger partial charge in [-0.25, -0.2) is 13.9 Å². The van der Waals surface area contributed by atoms with E-state index >= 15 is 0 Å². The van der Waals surface area contributed by atoms with Crippen molar-refractivity contribution in [1.29, 1.82) is 0 Å². The Morgan fingerprint density at radius 3 is 2.49 bits per heavy atom. The fourth-order valence-corrected chi connectivity index (χ4v) is 5.21. The van der Waals surface area contributed by atoms with Crippen LogP contribution in [0.15, 0.2) is 30.7 Å². The SMILES string of the molecule is CC(C)C[C@H](N)C(=O)CC1CCC(Nc2cc(NC3CC3)c3ncc(C(=O)Nc4ccncc4F)n3n2)CC1. The van der Waals surface area contributed by atoms with E-state index in [1.54, 1.807) is 0 Å².